The number of quaternary nitrogens is 1. The SMILES string of the molecule is [NH2+]=C1C=C(c2ccc(-c3cccnc3)cc2)C=C(c2ccc(-c3cccnc3)cc2)C1=N[NH2+]c1ccc(-c2cncc3ccccc23)cc1. The number of nitrogens with two attached hydrogens (primary N) is 2. The number of fused-ring (bicyclic) bond motifs is 1. The summed E-state index contributed by atoms with van der Waals surface area (Å²) in [6, 6.07) is 41.7. The van der Waals surface area contributed by atoms with Crippen molar-refractivity contribution in [3.05, 3.63) is 182 Å². The van der Waals surface area contributed by atoms with Crippen LogP contribution in [0.2, 0.25) is 0 Å². The van der Waals surface area contributed by atoms with E-state index in [1.807, 2.05) is 54.5 Å². The van der Waals surface area contributed by atoms with Crippen LogP contribution >= 0.6 is 0 Å². The van der Waals surface area contributed by atoms with E-state index in [9.17, 15) is 0 Å². The van der Waals surface area contributed by atoms with E-state index in [4.69, 9.17) is 10.5 Å². The Morgan fingerprint density at radius 2 is 1.10 bits per heavy atom. The van der Waals surface area contributed by atoms with Crippen molar-refractivity contribution in [1.29, 1.82) is 0 Å². The Labute approximate surface area is 284 Å². The molecule has 0 unspecified atom stereocenters. The summed E-state index contributed by atoms with van der Waals surface area (Å²) in [7, 11) is 0. The van der Waals surface area contributed by atoms with Crippen molar-refractivity contribution in [2.45, 2.75) is 0 Å². The van der Waals surface area contributed by atoms with Gasteiger partial charge in [-0.25, -0.2) is 0 Å². The molecule has 49 heavy (non-hydrogen) atoms. The number of rotatable bonds is 7. The van der Waals surface area contributed by atoms with Crippen molar-refractivity contribution in [2.75, 3.05) is 0 Å². The second kappa shape index (κ2) is 13.2. The Morgan fingerprint density at radius 3 is 1.76 bits per heavy atom. The molecule has 0 spiro atoms. The maximum Gasteiger partial charge on any atom is 0.229 e. The molecule has 1 aliphatic rings. The summed E-state index contributed by atoms with van der Waals surface area (Å²) in [6.45, 7) is 0. The van der Waals surface area contributed by atoms with E-state index in [2.05, 4.69) is 124 Å². The van der Waals surface area contributed by atoms with Crippen LogP contribution < -0.4 is 10.8 Å². The minimum Gasteiger partial charge on any atom is -0.264 e. The van der Waals surface area contributed by atoms with Crippen molar-refractivity contribution < 1.29 is 10.8 Å². The molecule has 7 aromatic rings. The molecule has 4 N–H and O–H groups in total. The summed E-state index contributed by atoms with van der Waals surface area (Å²) in [5.74, 6) is 0. The molecule has 4 aromatic carbocycles. The number of nitrogens with zero attached hydrogens (tertiary/aromatic N) is 4. The van der Waals surface area contributed by atoms with E-state index < -0.39 is 0 Å². The standard InChI is InChI=1S/C43H30N6/c44-42-24-37(31-11-9-29(10-12-31)34-6-3-21-45-25-34)23-40(32-15-13-30(14-16-32)35-7-4-22-46-26-35)43(42)49-48-38-19-17-33(18-20-38)41-28-47-27-36-5-1-2-8-39(36)41/h1-28,44,48H/p+2. The Balaban J connectivity index is 1.11. The van der Waals surface area contributed by atoms with Crippen LogP contribution in [0.1, 0.15) is 11.1 Å². The molecule has 3 heterocycles. The molecule has 3 aromatic heterocycles. The minimum absolute atomic E-state index is 0.606. The third-order valence-corrected chi connectivity index (χ3v) is 8.78. The highest BCUT2D eigenvalue weighted by Gasteiger charge is 2.26. The second-order valence-corrected chi connectivity index (χ2v) is 11.9. The van der Waals surface area contributed by atoms with Crippen LogP contribution in [-0.4, -0.2) is 26.4 Å². The van der Waals surface area contributed by atoms with E-state index in [-0.39, 0.29) is 0 Å². The molecule has 0 amide bonds. The van der Waals surface area contributed by atoms with Crippen LogP contribution in [0.4, 0.5) is 5.69 Å². The first-order chi connectivity index (χ1) is 24.2. The molecule has 0 aliphatic heterocycles. The highest BCUT2D eigenvalue weighted by Crippen LogP contribution is 2.31. The zero-order chi connectivity index (χ0) is 33.0. The highest BCUT2D eigenvalue weighted by molar-refractivity contribution is 6.61. The van der Waals surface area contributed by atoms with Crippen LogP contribution in [0.3, 0.4) is 0 Å². The van der Waals surface area contributed by atoms with Gasteiger partial charge in [0.15, 0.2) is 11.4 Å². The molecule has 6 nitrogen and oxygen atoms in total. The third kappa shape index (κ3) is 6.24. The number of hydrogen-bond donors (Lipinski definition) is 2. The minimum atomic E-state index is 0.606. The van der Waals surface area contributed by atoms with Crippen molar-refractivity contribution in [3.8, 4) is 33.4 Å². The largest absolute Gasteiger partial charge is 0.264 e. The van der Waals surface area contributed by atoms with Gasteiger partial charge < -0.3 is 0 Å². The molecule has 0 bridgehead atoms. The zero-order valence-electron chi connectivity index (χ0n) is 26.6. The van der Waals surface area contributed by atoms with Crippen LogP contribution in [0, 0.1) is 0 Å². The normalized spacial score (nSPS) is 13.7. The molecule has 0 fully saturated rings. The van der Waals surface area contributed by atoms with Crippen molar-refractivity contribution in [2.24, 2.45) is 5.10 Å². The molecule has 6 heteroatoms. The first-order valence-electron chi connectivity index (χ1n) is 16.1. The van der Waals surface area contributed by atoms with Gasteiger partial charge in [0, 0.05) is 71.9 Å². The molecule has 232 valence electrons. The van der Waals surface area contributed by atoms with E-state index >= 15 is 0 Å². The van der Waals surface area contributed by atoms with Gasteiger partial charge in [-0.1, -0.05) is 90.0 Å². The number of benzene rings is 4. The van der Waals surface area contributed by atoms with Crippen molar-refractivity contribution in [1.82, 2.24) is 15.0 Å². The van der Waals surface area contributed by atoms with E-state index in [1.165, 1.54) is 5.39 Å². The predicted molar refractivity (Wildman–Crippen MR) is 198 cm³/mol. The zero-order valence-corrected chi connectivity index (χ0v) is 26.6. The summed E-state index contributed by atoms with van der Waals surface area (Å²) < 4.78 is 0. The fraction of sp³-hybridized carbons (Fsp3) is 0. The number of aromatic nitrogens is 3. The molecule has 8 rings (SSSR count). The number of allylic oxidation sites excluding steroid dienone is 4. The lowest BCUT2D eigenvalue weighted by Gasteiger charge is -2.15. The van der Waals surface area contributed by atoms with E-state index in [0.29, 0.717) is 5.71 Å². The summed E-state index contributed by atoms with van der Waals surface area (Å²) in [4.78, 5) is 13.0. The van der Waals surface area contributed by atoms with Crippen LogP contribution in [0.5, 0.6) is 0 Å². The van der Waals surface area contributed by atoms with Crippen molar-refractivity contribution in [3.63, 3.8) is 0 Å². The summed E-state index contributed by atoms with van der Waals surface area (Å²) in [5.41, 5.74) is 14.8. The Hall–Kier alpha value is -6.63. The number of pyridine rings is 3. The summed E-state index contributed by atoms with van der Waals surface area (Å²) in [6.07, 6.45) is 15.3. The lowest BCUT2D eigenvalue weighted by molar-refractivity contribution is -0.577. The van der Waals surface area contributed by atoms with Gasteiger partial charge in [-0.05, 0) is 80.2 Å². The van der Waals surface area contributed by atoms with E-state index in [0.717, 1.165) is 72.4 Å². The lowest BCUT2D eigenvalue weighted by Crippen LogP contribution is -2.72. The van der Waals surface area contributed by atoms with Gasteiger partial charge in [0.25, 0.3) is 0 Å². The van der Waals surface area contributed by atoms with Gasteiger partial charge in [0.1, 0.15) is 0 Å². The Kier molecular flexibility index (Phi) is 8.04. The quantitative estimate of drug-likeness (QED) is 0.0862. The Bertz CT molecular complexity index is 2370. The maximum atomic E-state index is 6.82. The molecule has 0 saturated heterocycles. The molecule has 0 radical (unpaired) electrons. The molecular formula is C43H32N6+2. The number of hydrogen-bond acceptors (Lipinski definition) is 4. The fourth-order valence-electron chi connectivity index (χ4n) is 6.19. The van der Waals surface area contributed by atoms with Crippen molar-refractivity contribution >= 4 is 39.0 Å². The molecule has 1 aliphatic carbocycles. The maximum absolute atomic E-state index is 6.82. The second-order valence-electron chi connectivity index (χ2n) is 11.9. The first-order valence-corrected chi connectivity index (χ1v) is 16.1. The van der Waals surface area contributed by atoms with Gasteiger partial charge in [-0.2, -0.15) is 5.43 Å². The van der Waals surface area contributed by atoms with E-state index in [1.54, 1.807) is 12.4 Å². The van der Waals surface area contributed by atoms with Gasteiger partial charge in [0.2, 0.25) is 5.71 Å². The summed E-state index contributed by atoms with van der Waals surface area (Å²) >= 11 is 0. The topological polar surface area (TPSA) is 93.2 Å². The van der Waals surface area contributed by atoms with Gasteiger partial charge in [-0.3, -0.25) is 20.4 Å². The summed E-state index contributed by atoms with van der Waals surface area (Å²) in [5, 5.41) is 14.1. The molecule has 0 atom stereocenters. The smallest absolute Gasteiger partial charge is 0.229 e. The Morgan fingerprint density at radius 1 is 0.490 bits per heavy atom. The average Bonchev–Trinajstić information content (AvgIpc) is 3.18. The van der Waals surface area contributed by atoms with Crippen LogP contribution in [0.15, 0.2) is 176 Å². The molecular weight excluding hydrogens is 601 g/mol. The van der Waals surface area contributed by atoms with Crippen LogP contribution in [-0.2, 0) is 0 Å². The van der Waals surface area contributed by atoms with Gasteiger partial charge >= 0.3 is 0 Å². The third-order valence-electron chi connectivity index (χ3n) is 8.78. The predicted octanol–water partition coefficient (Wildman–Crippen LogP) is 6.96. The monoisotopic (exact) mass is 632 g/mol. The highest BCUT2D eigenvalue weighted by atomic mass is 15.3. The lowest BCUT2D eigenvalue weighted by atomic mass is 9.87. The average molecular weight is 633 g/mol. The van der Waals surface area contributed by atoms with Crippen LogP contribution in [0.25, 0.3) is 55.3 Å². The molecule has 0 saturated carbocycles. The first kappa shape index (κ1) is 29.8. The fourth-order valence-corrected chi connectivity index (χ4v) is 6.19. The van der Waals surface area contributed by atoms with Gasteiger partial charge in [0.05, 0.1) is 0 Å². The van der Waals surface area contributed by atoms with Gasteiger partial charge in [-0.15, -0.1) is 0 Å².